The molecule has 0 spiro atoms. The number of hydrogen-bond donors (Lipinski definition) is 1. The van der Waals surface area contributed by atoms with E-state index in [2.05, 4.69) is 39.8 Å². The molecule has 164 valence electrons. The van der Waals surface area contributed by atoms with E-state index in [1.165, 1.54) is 17.2 Å². The zero-order valence-electron chi connectivity index (χ0n) is 19.0. The number of ether oxygens (including phenoxy) is 2. The molecule has 0 aliphatic heterocycles. The first-order valence-electron chi connectivity index (χ1n) is 10.6. The van der Waals surface area contributed by atoms with Crippen molar-refractivity contribution in [2.45, 2.75) is 60.3 Å². The number of unbranched alkanes of at least 4 members (excludes halogenated alkanes) is 1. The fourth-order valence-corrected chi connectivity index (χ4v) is 2.42. The molecular weight excluding hydrogens is 376 g/mol. The Labute approximate surface area is 181 Å². The van der Waals surface area contributed by atoms with Gasteiger partial charge in [0, 0.05) is 6.08 Å². The summed E-state index contributed by atoms with van der Waals surface area (Å²) in [5.41, 5.74) is 4.58. The number of carbonyl (C=O) groups is 1. The molecule has 1 aromatic rings. The number of aromatic hydroxyl groups is 1. The third-order valence-electron chi connectivity index (χ3n) is 4.41. The fraction of sp³-hybridized carbons (Fsp3) is 0.423. The first-order chi connectivity index (χ1) is 14.3. The summed E-state index contributed by atoms with van der Waals surface area (Å²) in [4.78, 5) is 11.9. The quantitative estimate of drug-likeness (QED) is 0.178. The van der Waals surface area contributed by atoms with Gasteiger partial charge in [-0.25, -0.2) is 4.79 Å². The van der Waals surface area contributed by atoms with Crippen molar-refractivity contribution in [1.82, 2.24) is 0 Å². The molecule has 0 saturated carbocycles. The minimum absolute atomic E-state index is 0.0941. The maximum absolute atomic E-state index is 11.9. The highest BCUT2D eigenvalue weighted by Gasteiger charge is 2.03. The average Bonchev–Trinajstić information content (AvgIpc) is 2.71. The Bertz CT molecular complexity index is 793. The molecule has 0 unspecified atom stereocenters. The lowest BCUT2D eigenvalue weighted by atomic mass is 10.1. The van der Waals surface area contributed by atoms with Crippen LogP contribution >= 0.6 is 0 Å². The number of phenols is 1. The normalized spacial score (nSPS) is 12.2. The summed E-state index contributed by atoms with van der Waals surface area (Å²) < 4.78 is 10.8. The lowest BCUT2D eigenvalue weighted by molar-refractivity contribution is -0.136. The van der Waals surface area contributed by atoms with Gasteiger partial charge >= 0.3 is 5.97 Å². The first kappa shape index (κ1) is 25.3. The number of rotatable bonds is 12. The van der Waals surface area contributed by atoms with E-state index in [9.17, 15) is 9.90 Å². The second-order valence-electron chi connectivity index (χ2n) is 7.68. The van der Waals surface area contributed by atoms with Crippen LogP contribution in [-0.2, 0) is 9.53 Å². The van der Waals surface area contributed by atoms with Crippen LogP contribution < -0.4 is 4.74 Å². The predicted octanol–water partition coefficient (Wildman–Crippen LogP) is 6.77. The van der Waals surface area contributed by atoms with Crippen LogP contribution in [0, 0.1) is 0 Å². The van der Waals surface area contributed by atoms with Gasteiger partial charge in [0.2, 0.25) is 0 Å². The van der Waals surface area contributed by atoms with Crippen molar-refractivity contribution in [1.29, 1.82) is 0 Å². The van der Waals surface area contributed by atoms with E-state index >= 15 is 0 Å². The van der Waals surface area contributed by atoms with Crippen LogP contribution in [-0.4, -0.2) is 24.3 Å². The Balaban J connectivity index is 2.49. The number of benzene rings is 1. The summed E-state index contributed by atoms with van der Waals surface area (Å²) in [6, 6.07) is 4.99. The zero-order chi connectivity index (χ0) is 22.4. The van der Waals surface area contributed by atoms with Crippen molar-refractivity contribution in [3.05, 3.63) is 64.8 Å². The molecule has 1 N–H and O–H groups in total. The van der Waals surface area contributed by atoms with Crippen LogP contribution in [0.15, 0.2) is 59.2 Å². The zero-order valence-corrected chi connectivity index (χ0v) is 19.0. The van der Waals surface area contributed by atoms with Crippen molar-refractivity contribution >= 4 is 12.0 Å². The number of esters is 1. The van der Waals surface area contributed by atoms with Crippen LogP contribution in [0.1, 0.15) is 65.9 Å². The molecule has 4 nitrogen and oxygen atoms in total. The Kier molecular flexibility index (Phi) is 12.0. The molecule has 0 heterocycles. The van der Waals surface area contributed by atoms with E-state index in [0.717, 1.165) is 36.8 Å². The lowest BCUT2D eigenvalue weighted by Gasteiger charge is -2.08. The lowest BCUT2D eigenvalue weighted by Crippen LogP contribution is -2.00. The SMILES string of the molecule is CCCCOc1cc(C=CC(=O)OCC=C(C)CC=C(C)CC=C(C)C)ccc1O. The van der Waals surface area contributed by atoms with Crippen molar-refractivity contribution < 1.29 is 19.4 Å². The number of allylic oxidation sites excluding steroid dienone is 5. The molecule has 1 aromatic carbocycles. The van der Waals surface area contributed by atoms with Crippen molar-refractivity contribution in [3.8, 4) is 11.5 Å². The van der Waals surface area contributed by atoms with Gasteiger partial charge in [0.15, 0.2) is 11.5 Å². The summed E-state index contributed by atoms with van der Waals surface area (Å²) in [6.45, 7) is 11.2. The summed E-state index contributed by atoms with van der Waals surface area (Å²) >= 11 is 0. The Morgan fingerprint density at radius 1 is 1.03 bits per heavy atom. The summed E-state index contributed by atoms with van der Waals surface area (Å²) in [7, 11) is 0. The van der Waals surface area contributed by atoms with Crippen molar-refractivity contribution in [2.24, 2.45) is 0 Å². The van der Waals surface area contributed by atoms with E-state index in [0.29, 0.717) is 12.4 Å². The van der Waals surface area contributed by atoms with Gasteiger partial charge in [-0.3, -0.25) is 0 Å². The summed E-state index contributed by atoms with van der Waals surface area (Å²) in [6.07, 6.45) is 13.1. The molecule has 0 amide bonds. The molecular formula is C26H36O4. The van der Waals surface area contributed by atoms with Crippen LogP contribution in [0.5, 0.6) is 11.5 Å². The van der Waals surface area contributed by atoms with E-state index in [-0.39, 0.29) is 12.4 Å². The van der Waals surface area contributed by atoms with Gasteiger partial charge in [0.05, 0.1) is 6.61 Å². The molecule has 0 aliphatic carbocycles. The molecule has 30 heavy (non-hydrogen) atoms. The molecule has 0 bridgehead atoms. The summed E-state index contributed by atoms with van der Waals surface area (Å²) in [5, 5.41) is 9.86. The molecule has 0 aliphatic rings. The van der Waals surface area contributed by atoms with Crippen LogP contribution in [0.3, 0.4) is 0 Å². The Morgan fingerprint density at radius 2 is 1.73 bits per heavy atom. The minimum atomic E-state index is -0.407. The maximum Gasteiger partial charge on any atom is 0.331 e. The Morgan fingerprint density at radius 3 is 2.43 bits per heavy atom. The van der Waals surface area contributed by atoms with Crippen LogP contribution in [0.2, 0.25) is 0 Å². The van der Waals surface area contributed by atoms with Gasteiger partial charge in [-0.1, -0.05) is 48.3 Å². The fourth-order valence-electron chi connectivity index (χ4n) is 2.42. The van der Waals surface area contributed by atoms with Gasteiger partial charge in [-0.2, -0.15) is 0 Å². The molecule has 0 aromatic heterocycles. The third-order valence-corrected chi connectivity index (χ3v) is 4.41. The molecule has 0 saturated heterocycles. The number of phenolic OH excluding ortho intramolecular Hbond substituents is 1. The van der Waals surface area contributed by atoms with E-state index in [4.69, 9.17) is 9.47 Å². The monoisotopic (exact) mass is 412 g/mol. The Hall–Kier alpha value is -2.75. The topological polar surface area (TPSA) is 55.8 Å². The van der Waals surface area contributed by atoms with E-state index in [1.54, 1.807) is 24.3 Å². The van der Waals surface area contributed by atoms with E-state index < -0.39 is 5.97 Å². The van der Waals surface area contributed by atoms with Gasteiger partial charge in [-0.15, -0.1) is 0 Å². The third kappa shape index (κ3) is 11.3. The standard InChI is InChI=1S/C26H36O4/c1-6-7-17-29-25-19-23(12-14-24(25)27)13-15-26(28)30-18-16-22(5)11-10-21(4)9-8-20(2)3/h8,10,12-16,19,27H,6-7,9,11,17-18H2,1-5H3. The van der Waals surface area contributed by atoms with Crippen LogP contribution in [0.4, 0.5) is 0 Å². The smallest absolute Gasteiger partial charge is 0.331 e. The predicted molar refractivity (Wildman–Crippen MR) is 125 cm³/mol. The van der Waals surface area contributed by atoms with Crippen molar-refractivity contribution in [2.75, 3.05) is 13.2 Å². The molecule has 0 fully saturated rings. The summed E-state index contributed by atoms with van der Waals surface area (Å²) in [5.74, 6) is 0.109. The molecule has 0 atom stereocenters. The molecule has 4 heteroatoms. The minimum Gasteiger partial charge on any atom is -0.504 e. The van der Waals surface area contributed by atoms with Crippen LogP contribution in [0.25, 0.3) is 6.08 Å². The highest BCUT2D eigenvalue weighted by molar-refractivity contribution is 5.87. The first-order valence-corrected chi connectivity index (χ1v) is 10.6. The van der Waals surface area contributed by atoms with Gasteiger partial charge < -0.3 is 14.6 Å². The second kappa shape index (κ2) is 14.3. The van der Waals surface area contributed by atoms with Gasteiger partial charge in [0.25, 0.3) is 0 Å². The number of hydrogen-bond acceptors (Lipinski definition) is 4. The maximum atomic E-state index is 11.9. The largest absolute Gasteiger partial charge is 0.504 e. The second-order valence-corrected chi connectivity index (χ2v) is 7.68. The van der Waals surface area contributed by atoms with E-state index in [1.807, 2.05) is 13.0 Å². The highest BCUT2D eigenvalue weighted by Crippen LogP contribution is 2.27. The number of carbonyl (C=O) groups excluding carboxylic acids is 1. The van der Waals surface area contributed by atoms with Gasteiger partial charge in [0.1, 0.15) is 6.61 Å². The van der Waals surface area contributed by atoms with Crippen molar-refractivity contribution in [3.63, 3.8) is 0 Å². The average molecular weight is 413 g/mol. The highest BCUT2D eigenvalue weighted by atomic mass is 16.5. The molecule has 1 rings (SSSR count). The molecule has 0 radical (unpaired) electrons. The van der Waals surface area contributed by atoms with Gasteiger partial charge in [-0.05, 0) is 76.8 Å².